The average Bonchev–Trinajstić information content (AvgIpc) is 2.42. The van der Waals surface area contributed by atoms with Crippen LogP contribution in [0.5, 0.6) is 0 Å². The first-order valence-electron chi connectivity index (χ1n) is 6.30. The number of carbonyl (C=O) groups is 1. The molecule has 2 rings (SSSR count). The van der Waals surface area contributed by atoms with Crippen molar-refractivity contribution in [1.29, 1.82) is 0 Å². The van der Waals surface area contributed by atoms with E-state index in [9.17, 15) is 13.6 Å². The third kappa shape index (κ3) is 3.95. The summed E-state index contributed by atoms with van der Waals surface area (Å²) in [6.45, 7) is 3.87. The van der Waals surface area contributed by atoms with Gasteiger partial charge in [-0.15, -0.1) is 0 Å². The van der Waals surface area contributed by atoms with Gasteiger partial charge in [0.2, 0.25) is 0 Å². The highest BCUT2D eigenvalue weighted by Gasteiger charge is 2.11. The van der Waals surface area contributed by atoms with E-state index >= 15 is 0 Å². The van der Waals surface area contributed by atoms with Crippen LogP contribution in [0, 0.1) is 11.6 Å². The zero-order valence-electron chi connectivity index (χ0n) is 11.5. The molecule has 110 valence electrons. The molecule has 0 radical (unpaired) electrons. The molecule has 0 aliphatic heterocycles. The Morgan fingerprint density at radius 3 is 2.57 bits per heavy atom. The lowest BCUT2D eigenvalue weighted by Gasteiger charge is -2.10. The van der Waals surface area contributed by atoms with E-state index in [1.807, 2.05) is 13.8 Å². The number of halogens is 2. The maximum absolute atomic E-state index is 13.1. The van der Waals surface area contributed by atoms with Crippen LogP contribution in [0.1, 0.15) is 24.3 Å². The van der Waals surface area contributed by atoms with Crippen LogP contribution in [0.15, 0.2) is 30.6 Å². The van der Waals surface area contributed by atoms with Crippen LogP contribution in [0.2, 0.25) is 0 Å². The minimum absolute atomic E-state index is 0.123. The zero-order chi connectivity index (χ0) is 15.4. The number of benzene rings is 1. The Balaban J connectivity index is 2.14. The molecule has 0 saturated heterocycles. The number of nitrogens with zero attached hydrogens (tertiary/aromatic N) is 2. The number of rotatable bonds is 4. The van der Waals surface area contributed by atoms with Gasteiger partial charge in [0.1, 0.15) is 17.8 Å². The van der Waals surface area contributed by atoms with Crippen LogP contribution >= 0.6 is 0 Å². The summed E-state index contributed by atoms with van der Waals surface area (Å²) in [6, 6.07) is 4.75. The van der Waals surface area contributed by atoms with Gasteiger partial charge < -0.3 is 10.6 Å². The molecule has 1 amide bonds. The average molecular weight is 292 g/mol. The Kier molecular flexibility index (Phi) is 4.42. The predicted octanol–water partition coefficient (Wildman–Crippen LogP) is 2.83. The fourth-order valence-corrected chi connectivity index (χ4v) is 1.63. The van der Waals surface area contributed by atoms with Crippen LogP contribution in [0.4, 0.5) is 20.3 Å². The lowest BCUT2D eigenvalue weighted by Crippen LogP contribution is -2.16. The maximum Gasteiger partial charge on any atom is 0.274 e. The molecule has 1 heterocycles. The number of hydrogen-bond acceptors (Lipinski definition) is 4. The van der Waals surface area contributed by atoms with Crippen molar-refractivity contribution in [3.63, 3.8) is 0 Å². The first-order chi connectivity index (χ1) is 9.95. The van der Waals surface area contributed by atoms with E-state index in [0.717, 1.165) is 12.1 Å². The van der Waals surface area contributed by atoms with E-state index in [4.69, 9.17) is 0 Å². The Morgan fingerprint density at radius 1 is 1.14 bits per heavy atom. The molecule has 5 nitrogen and oxygen atoms in total. The van der Waals surface area contributed by atoms with Crippen LogP contribution < -0.4 is 10.6 Å². The molecular formula is C14H14F2N4O. The van der Waals surface area contributed by atoms with Gasteiger partial charge in [-0.1, -0.05) is 0 Å². The molecule has 0 aliphatic rings. The molecule has 21 heavy (non-hydrogen) atoms. The van der Waals surface area contributed by atoms with Crippen molar-refractivity contribution in [2.24, 2.45) is 0 Å². The Hall–Kier alpha value is -2.57. The highest BCUT2D eigenvalue weighted by Crippen LogP contribution is 2.14. The molecule has 0 bridgehead atoms. The van der Waals surface area contributed by atoms with Crippen LogP contribution in [-0.2, 0) is 0 Å². The summed E-state index contributed by atoms with van der Waals surface area (Å²) in [5, 5.41) is 5.48. The molecule has 0 spiro atoms. The molecule has 7 heteroatoms. The molecule has 1 aromatic carbocycles. The van der Waals surface area contributed by atoms with Crippen molar-refractivity contribution in [3.05, 3.63) is 47.9 Å². The van der Waals surface area contributed by atoms with Gasteiger partial charge >= 0.3 is 0 Å². The first kappa shape index (κ1) is 14.8. The number of amides is 1. The number of aromatic nitrogens is 2. The summed E-state index contributed by atoms with van der Waals surface area (Å²) >= 11 is 0. The van der Waals surface area contributed by atoms with Crippen molar-refractivity contribution in [1.82, 2.24) is 9.97 Å². The van der Waals surface area contributed by atoms with Gasteiger partial charge in [-0.25, -0.2) is 18.7 Å². The van der Waals surface area contributed by atoms with Crippen molar-refractivity contribution < 1.29 is 13.6 Å². The minimum Gasteiger partial charge on any atom is -0.368 e. The number of carbonyl (C=O) groups excluding carboxylic acids is 1. The summed E-state index contributed by atoms with van der Waals surface area (Å²) in [6.07, 6.45) is 1.25. The molecule has 1 aromatic heterocycles. The predicted molar refractivity (Wildman–Crippen MR) is 75.1 cm³/mol. The maximum atomic E-state index is 13.1. The summed E-state index contributed by atoms with van der Waals surface area (Å²) in [7, 11) is 0. The van der Waals surface area contributed by atoms with Crippen LogP contribution in [0.3, 0.4) is 0 Å². The number of anilines is 2. The fraction of sp³-hybridized carbons (Fsp3) is 0.214. The monoisotopic (exact) mass is 292 g/mol. The molecule has 2 N–H and O–H groups in total. The molecule has 0 aliphatic carbocycles. The van der Waals surface area contributed by atoms with E-state index < -0.39 is 17.5 Å². The largest absolute Gasteiger partial charge is 0.368 e. The first-order valence-corrected chi connectivity index (χ1v) is 6.30. The number of hydrogen-bond donors (Lipinski definition) is 2. The quantitative estimate of drug-likeness (QED) is 0.909. The normalized spacial score (nSPS) is 10.5. The molecule has 0 atom stereocenters. The molecule has 2 aromatic rings. The molecule has 0 fully saturated rings. The highest BCUT2D eigenvalue weighted by atomic mass is 19.2. The van der Waals surface area contributed by atoms with E-state index in [0.29, 0.717) is 5.82 Å². The van der Waals surface area contributed by atoms with Crippen molar-refractivity contribution in [2.45, 2.75) is 19.9 Å². The van der Waals surface area contributed by atoms with Crippen LogP contribution in [-0.4, -0.2) is 21.9 Å². The van der Waals surface area contributed by atoms with Crippen molar-refractivity contribution in [2.75, 3.05) is 10.6 Å². The second-order valence-electron chi connectivity index (χ2n) is 4.67. The third-order valence-electron chi connectivity index (χ3n) is 2.51. The molecular weight excluding hydrogens is 278 g/mol. The Morgan fingerprint density at radius 2 is 1.90 bits per heavy atom. The smallest absolute Gasteiger partial charge is 0.274 e. The third-order valence-corrected chi connectivity index (χ3v) is 2.51. The SMILES string of the molecule is CC(C)Nc1cc(C(=O)Nc2ccc(F)c(F)c2)ncn1. The Labute approximate surface area is 120 Å². The van der Waals surface area contributed by atoms with Gasteiger partial charge in [0.15, 0.2) is 11.6 Å². The van der Waals surface area contributed by atoms with Gasteiger partial charge in [-0.2, -0.15) is 0 Å². The van der Waals surface area contributed by atoms with E-state index in [1.54, 1.807) is 0 Å². The fourth-order valence-electron chi connectivity index (χ4n) is 1.63. The zero-order valence-corrected chi connectivity index (χ0v) is 11.5. The minimum atomic E-state index is -1.03. The summed E-state index contributed by atoms with van der Waals surface area (Å²) in [4.78, 5) is 19.8. The second kappa shape index (κ2) is 6.25. The van der Waals surface area contributed by atoms with Gasteiger partial charge in [-0.05, 0) is 26.0 Å². The number of nitrogens with one attached hydrogen (secondary N) is 2. The second-order valence-corrected chi connectivity index (χ2v) is 4.67. The van der Waals surface area contributed by atoms with Crippen molar-refractivity contribution >= 4 is 17.4 Å². The highest BCUT2D eigenvalue weighted by molar-refractivity contribution is 6.03. The Bertz CT molecular complexity index is 661. The lowest BCUT2D eigenvalue weighted by molar-refractivity contribution is 0.102. The van der Waals surface area contributed by atoms with E-state index in [2.05, 4.69) is 20.6 Å². The standard InChI is InChI=1S/C14H14F2N4O/c1-8(2)19-13-6-12(17-7-18-13)14(21)20-9-3-4-10(15)11(16)5-9/h3-8H,1-2H3,(H,20,21)(H,17,18,19). The molecule has 0 unspecified atom stereocenters. The summed E-state index contributed by atoms with van der Waals surface area (Å²) in [5.41, 5.74) is 0.272. The van der Waals surface area contributed by atoms with Crippen LogP contribution in [0.25, 0.3) is 0 Å². The molecule has 0 saturated carbocycles. The topological polar surface area (TPSA) is 66.9 Å². The van der Waals surface area contributed by atoms with Gasteiger partial charge in [0, 0.05) is 23.9 Å². The summed E-state index contributed by atoms with van der Waals surface area (Å²) < 4.78 is 25.9. The summed E-state index contributed by atoms with van der Waals surface area (Å²) in [5.74, 6) is -2.03. The van der Waals surface area contributed by atoms with Gasteiger partial charge in [0.05, 0.1) is 0 Å². The lowest BCUT2D eigenvalue weighted by atomic mass is 10.2. The van der Waals surface area contributed by atoms with E-state index in [1.165, 1.54) is 18.5 Å². The van der Waals surface area contributed by atoms with E-state index in [-0.39, 0.29) is 17.4 Å². The van der Waals surface area contributed by atoms with Gasteiger partial charge in [0.25, 0.3) is 5.91 Å². The van der Waals surface area contributed by atoms with Gasteiger partial charge in [-0.3, -0.25) is 4.79 Å². The van der Waals surface area contributed by atoms with Crippen molar-refractivity contribution in [3.8, 4) is 0 Å².